The molecule has 2 aromatic rings. The predicted molar refractivity (Wildman–Crippen MR) is 83.0 cm³/mol. The van der Waals surface area contributed by atoms with Gasteiger partial charge in [0.05, 0.1) is 12.0 Å². The van der Waals surface area contributed by atoms with Gasteiger partial charge in [0, 0.05) is 26.2 Å². The van der Waals surface area contributed by atoms with Crippen molar-refractivity contribution in [2.45, 2.75) is 13.8 Å². The Balaban J connectivity index is 1.74. The number of piperazine rings is 1. The Bertz CT molecular complexity index is 756. The monoisotopic (exact) mass is 311 g/mol. The fraction of sp³-hybridized carbons (Fsp3) is 0.375. The second kappa shape index (κ2) is 6.08. The largest absolute Gasteiger partial charge is 0.459 e. The highest BCUT2D eigenvalue weighted by molar-refractivity contribution is 5.91. The number of carbonyl (C=O) groups is 1. The molecule has 3 heterocycles. The second-order valence-electron chi connectivity index (χ2n) is 5.48. The van der Waals surface area contributed by atoms with E-state index in [1.165, 1.54) is 6.26 Å². The Morgan fingerprint density at radius 3 is 2.61 bits per heavy atom. The van der Waals surface area contributed by atoms with Crippen LogP contribution in [0.2, 0.25) is 0 Å². The highest BCUT2D eigenvalue weighted by atomic mass is 16.3. The zero-order chi connectivity index (χ0) is 16.4. The molecular formula is C16H17N5O2. The number of nitrogens with zero attached hydrogens (tertiary/aromatic N) is 5. The van der Waals surface area contributed by atoms with E-state index in [0.29, 0.717) is 43.3 Å². The molecule has 0 atom stereocenters. The lowest BCUT2D eigenvalue weighted by Gasteiger charge is -2.35. The van der Waals surface area contributed by atoms with Crippen LogP contribution in [-0.2, 0) is 0 Å². The van der Waals surface area contributed by atoms with Crippen LogP contribution in [0.3, 0.4) is 0 Å². The summed E-state index contributed by atoms with van der Waals surface area (Å²) in [6, 6.07) is 5.58. The van der Waals surface area contributed by atoms with Crippen LogP contribution in [0, 0.1) is 25.2 Å². The Labute approximate surface area is 134 Å². The summed E-state index contributed by atoms with van der Waals surface area (Å²) < 4.78 is 5.16. The van der Waals surface area contributed by atoms with Gasteiger partial charge in [0.25, 0.3) is 5.91 Å². The summed E-state index contributed by atoms with van der Waals surface area (Å²) >= 11 is 0. The first-order valence-electron chi connectivity index (χ1n) is 7.43. The maximum atomic E-state index is 12.3. The summed E-state index contributed by atoms with van der Waals surface area (Å²) in [6.07, 6.45) is 1.49. The first-order chi connectivity index (χ1) is 11.1. The lowest BCUT2D eigenvalue weighted by atomic mass is 10.1. The second-order valence-corrected chi connectivity index (χ2v) is 5.48. The number of anilines is 1. The van der Waals surface area contributed by atoms with Gasteiger partial charge in [-0.2, -0.15) is 10.4 Å². The van der Waals surface area contributed by atoms with Crippen LogP contribution < -0.4 is 4.90 Å². The van der Waals surface area contributed by atoms with Gasteiger partial charge in [-0.25, -0.2) is 0 Å². The smallest absolute Gasteiger partial charge is 0.289 e. The lowest BCUT2D eigenvalue weighted by molar-refractivity contribution is 0.0714. The molecule has 0 radical (unpaired) electrons. The lowest BCUT2D eigenvalue weighted by Crippen LogP contribution is -2.49. The van der Waals surface area contributed by atoms with Gasteiger partial charge in [-0.1, -0.05) is 0 Å². The molecule has 0 aromatic carbocycles. The van der Waals surface area contributed by atoms with Crippen molar-refractivity contribution in [3.8, 4) is 6.07 Å². The Kier molecular flexibility index (Phi) is 3.98. The molecule has 118 valence electrons. The summed E-state index contributed by atoms with van der Waals surface area (Å²) in [5.74, 6) is 0.837. The minimum absolute atomic E-state index is 0.110. The molecule has 7 nitrogen and oxygen atoms in total. The quantitative estimate of drug-likeness (QED) is 0.836. The molecule has 0 spiro atoms. The van der Waals surface area contributed by atoms with Crippen molar-refractivity contribution in [1.82, 2.24) is 15.1 Å². The zero-order valence-corrected chi connectivity index (χ0v) is 13.1. The van der Waals surface area contributed by atoms with Crippen LogP contribution in [-0.4, -0.2) is 47.2 Å². The van der Waals surface area contributed by atoms with Crippen LogP contribution in [0.5, 0.6) is 0 Å². The third kappa shape index (κ3) is 2.75. The standard InChI is InChI=1S/C16H17N5O2/c1-11-12(2)18-19-15(13(11)10-17)20-5-7-21(8-6-20)16(22)14-4-3-9-23-14/h3-4,9H,5-8H2,1-2H3. The molecule has 0 bridgehead atoms. The molecule has 0 aliphatic carbocycles. The third-order valence-corrected chi connectivity index (χ3v) is 4.15. The van der Waals surface area contributed by atoms with Crippen molar-refractivity contribution < 1.29 is 9.21 Å². The van der Waals surface area contributed by atoms with E-state index in [9.17, 15) is 10.1 Å². The molecule has 0 unspecified atom stereocenters. The normalized spacial score (nSPS) is 14.7. The molecular weight excluding hydrogens is 294 g/mol. The number of rotatable bonds is 2. The number of aryl methyl sites for hydroxylation is 1. The van der Waals surface area contributed by atoms with Gasteiger partial charge in [-0.05, 0) is 31.5 Å². The molecule has 1 fully saturated rings. The third-order valence-electron chi connectivity index (χ3n) is 4.15. The van der Waals surface area contributed by atoms with E-state index < -0.39 is 0 Å². The van der Waals surface area contributed by atoms with Crippen molar-refractivity contribution in [1.29, 1.82) is 5.26 Å². The summed E-state index contributed by atoms with van der Waals surface area (Å²) in [5.41, 5.74) is 2.17. The minimum Gasteiger partial charge on any atom is -0.459 e. The highest BCUT2D eigenvalue weighted by Gasteiger charge is 2.26. The fourth-order valence-corrected chi connectivity index (χ4v) is 2.63. The van der Waals surface area contributed by atoms with Crippen LogP contribution in [0.4, 0.5) is 5.82 Å². The topological polar surface area (TPSA) is 86.3 Å². The zero-order valence-electron chi connectivity index (χ0n) is 13.1. The molecule has 7 heteroatoms. The molecule has 2 aromatic heterocycles. The Morgan fingerprint density at radius 2 is 2.00 bits per heavy atom. The van der Waals surface area contributed by atoms with E-state index in [2.05, 4.69) is 16.3 Å². The van der Waals surface area contributed by atoms with Crippen molar-refractivity contribution >= 4 is 11.7 Å². The van der Waals surface area contributed by atoms with Crippen molar-refractivity contribution in [2.24, 2.45) is 0 Å². The maximum Gasteiger partial charge on any atom is 0.289 e. The molecule has 23 heavy (non-hydrogen) atoms. The van der Waals surface area contributed by atoms with E-state index in [-0.39, 0.29) is 5.91 Å². The minimum atomic E-state index is -0.110. The molecule has 1 amide bonds. The van der Waals surface area contributed by atoms with E-state index in [1.54, 1.807) is 17.0 Å². The Morgan fingerprint density at radius 1 is 1.26 bits per heavy atom. The van der Waals surface area contributed by atoms with Gasteiger partial charge in [0.1, 0.15) is 11.6 Å². The number of nitriles is 1. The number of hydrogen-bond donors (Lipinski definition) is 0. The van der Waals surface area contributed by atoms with Crippen molar-refractivity contribution in [3.05, 3.63) is 41.0 Å². The van der Waals surface area contributed by atoms with E-state index in [1.807, 2.05) is 18.7 Å². The molecule has 3 rings (SSSR count). The summed E-state index contributed by atoms with van der Waals surface area (Å²) in [5, 5.41) is 17.7. The first-order valence-corrected chi connectivity index (χ1v) is 7.43. The van der Waals surface area contributed by atoms with Gasteiger partial charge < -0.3 is 14.2 Å². The van der Waals surface area contributed by atoms with Crippen LogP contribution in [0.15, 0.2) is 22.8 Å². The summed E-state index contributed by atoms with van der Waals surface area (Å²) in [4.78, 5) is 16.0. The SMILES string of the molecule is Cc1nnc(N2CCN(C(=O)c3ccco3)CC2)c(C#N)c1C. The van der Waals surface area contributed by atoms with Crippen LogP contribution in [0.1, 0.15) is 27.4 Å². The maximum absolute atomic E-state index is 12.3. The number of furan rings is 1. The fourth-order valence-electron chi connectivity index (χ4n) is 2.63. The summed E-state index contributed by atoms with van der Waals surface area (Å²) in [6.45, 7) is 6.05. The van der Waals surface area contributed by atoms with Gasteiger partial charge in [0.2, 0.25) is 0 Å². The van der Waals surface area contributed by atoms with Crippen molar-refractivity contribution in [2.75, 3.05) is 31.1 Å². The first kappa shape index (κ1) is 15.0. The number of amides is 1. The van der Waals surface area contributed by atoms with Gasteiger partial charge in [-0.3, -0.25) is 4.79 Å². The number of carbonyl (C=O) groups excluding carboxylic acids is 1. The van der Waals surface area contributed by atoms with Crippen LogP contribution in [0.25, 0.3) is 0 Å². The molecule has 1 saturated heterocycles. The van der Waals surface area contributed by atoms with Gasteiger partial charge >= 0.3 is 0 Å². The molecule has 1 aliphatic rings. The van der Waals surface area contributed by atoms with Gasteiger partial charge in [-0.15, -0.1) is 5.10 Å². The highest BCUT2D eigenvalue weighted by Crippen LogP contribution is 2.22. The van der Waals surface area contributed by atoms with E-state index in [4.69, 9.17) is 4.42 Å². The van der Waals surface area contributed by atoms with E-state index >= 15 is 0 Å². The molecule has 1 aliphatic heterocycles. The number of aromatic nitrogens is 2. The molecule has 0 saturated carbocycles. The average Bonchev–Trinajstić information content (AvgIpc) is 3.11. The molecule has 0 N–H and O–H groups in total. The van der Waals surface area contributed by atoms with Gasteiger partial charge in [0.15, 0.2) is 11.6 Å². The number of hydrogen-bond acceptors (Lipinski definition) is 6. The summed E-state index contributed by atoms with van der Waals surface area (Å²) in [7, 11) is 0. The Hall–Kier alpha value is -2.88. The predicted octanol–water partition coefficient (Wildman–Crippen LogP) is 1.52. The van der Waals surface area contributed by atoms with Crippen molar-refractivity contribution in [3.63, 3.8) is 0 Å². The van der Waals surface area contributed by atoms with E-state index in [0.717, 1.165) is 11.3 Å². The van der Waals surface area contributed by atoms with Crippen LogP contribution >= 0.6 is 0 Å². The average molecular weight is 311 g/mol.